The average molecular weight is 428 g/mol. The van der Waals surface area contributed by atoms with Crippen molar-refractivity contribution in [3.8, 4) is 0 Å². The van der Waals surface area contributed by atoms with E-state index < -0.39 is 10.0 Å². The molecule has 2 aliphatic heterocycles. The van der Waals surface area contributed by atoms with E-state index in [4.69, 9.17) is 14.6 Å². The molecule has 1 aromatic rings. The molecule has 2 N–H and O–H groups in total. The topological polar surface area (TPSA) is 116 Å². The van der Waals surface area contributed by atoms with Crippen LogP contribution in [-0.4, -0.2) is 87.7 Å². The largest absolute Gasteiger partial charge is 0.483 e. The minimum absolute atomic E-state index is 0.00846. The maximum Gasteiger partial charge on any atom is 0.290 e. The van der Waals surface area contributed by atoms with Crippen LogP contribution >= 0.6 is 0 Å². The van der Waals surface area contributed by atoms with Gasteiger partial charge in [0.1, 0.15) is 0 Å². The first-order chi connectivity index (χ1) is 13.7. The van der Waals surface area contributed by atoms with Crippen molar-refractivity contribution in [2.75, 3.05) is 33.8 Å². The molecule has 1 aromatic carbocycles. The molecule has 0 radical (unpaired) electrons. The van der Waals surface area contributed by atoms with Crippen LogP contribution in [0.3, 0.4) is 0 Å². The highest BCUT2D eigenvalue weighted by molar-refractivity contribution is 7.88. The lowest BCUT2D eigenvalue weighted by Gasteiger charge is -2.35. The number of benzene rings is 1. The highest BCUT2D eigenvalue weighted by Crippen LogP contribution is 2.25. The molecular formula is C19H29N3O6S. The number of sulfonamides is 1. The molecule has 10 heteroatoms. The predicted molar refractivity (Wildman–Crippen MR) is 108 cm³/mol. The lowest BCUT2D eigenvalue weighted by molar-refractivity contribution is -0.134. The summed E-state index contributed by atoms with van der Waals surface area (Å²) in [5, 5.41) is 6.89. The molecule has 0 unspecified atom stereocenters. The number of morpholine rings is 1. The minimum Gasteiger partial charge on any atom is -0.483 e. The summed E-state index contributed by atoms with van der Waals surface area (Å²) in [7, 11) is 0.0920. The summed E-state index contributed by atoms with van der Waals surface area (Å²) in [6.45, 7) is 1.62. The standard InChI is InChI=1S/C18H27N3O4S.CH2O2/c1-20(2)18(22)9-17-11-21-10-15(8-16(21)12-25-17)19-26(23,24)13-14-6-4-3-5-7-14;2-1-3/h3-7,15-17,19H,8-13H2,1-2H3;1H,(H,2,3)/t15-,16+,17+;/m1./s1. The van der Waals surface area contributed by atoms with Crippen LogP contribution in [0.5, 0.6) is 0 Å². The Morgan fingerprint density at radius 2 is 1.97 bits per heavy atom. The fourth-order valence-electron chi connectivity index (χ4n) is 3.62. The number of carboxylic acid groups (broad SMARTS) is 1. The van der Waals surface area contributed by atoms with Crippen molar-refractivity contribution < 1.29 is 27.9 Å². The summed E-state index contributed by atoms with van der Waals surface area (Å²) < 4.78 is 33.5. The van der Waals surface area contributed by atoms with E-state index in [-0.39, 0.29) is 36.3 Å². The fourth-order valence-corrected chi connectivity index (χ4v) is 5.01. The number of carbonyl (C=O) groups excluding carboxylic acids is 1. The van der Waals surface area contributed by atoms with Crippen molar-refractivity contribution >= 4 is 22.4 Å². The summed E-state index contributed by atoms with van der Waals surface area (Å²) in [4.78, 5) is 24.0. The summed E-state index contributed by atoms with van der Waals surface area (Å²) in [5.74, 6) is 0.0404. The third-order valence-electron chi connectivity index (χ3n) is 4.94. The van der Waals surface area contributed by atoms with E-state index in [2.05, 4.69) is 9.62 Å². The Hall–Kier alpha value is -2.01. The van der Waals surface area contributed by atoms with Crippen LogP contribution in [-0.2, 0) is 30.1 Å². The molecule has 3 atom stereocenters. The normalized spacial score (nSPS) is 24.1. The molecule has 2 heterocycles. The number of ether oxygens (including phenoxy) is 1. The molecular weight excluding hydrogens is 398 g/mol. The first kappa shape index (κ1) is 23.3. The second-order valence-electron chi connectivity index (χ2n) is 7.46. The number of nitrogens with zero attached hydrogens (tertiary/aromatic N) is 2. The monoisotopic (exact) mass is 427 g/mol. The SMILES string of the molecule is CN(C)C(=O)C[C@H]1CN2C[C@H](NS(=O)(=O)Cc3ccccc3)C[C@H]2CO1.O=CO. The fraction of sp³-hybridized carbons (Fsp3) is 0.579. The number of carbonyl (C=O) groups is 2. The second-order valence-corrected chi connectivity index (χ2v) is 9.21. The Morgan fingerprint density at radius 1 is 1.31 bits per heavy atom. The Kier molecular flexibility index (Phi) is 8.57. The van der Waals surface area contributed by atoms with Crippen molar-refractivity contribution in [2.45, 2.75) is 36.8 Å². The molecule has 2 saturated heterocycles. The van der Waals surface area contributed by atoms with Crippen molar-refractivity contribution in [1.82, 2.24) is 14.5 Å². The van der Waals surface area contributed by atoms with Crippen LogP contribution in [0.25, 0.3) is 0 Å². The van der Waals surface area contributed by atoms with Crippen LogP contribution in [0.15, 0.2) is 30.3 Å². The molecule has 0 aromatic heterocycles. The highest BCUT2D eigenvalue weighted by atomic mass is 32.2. The Balaban J connectivity index is 0.000000941. The van der Waals surface area contributed by atoms with Gasteiger partial charge in [-0.15, -0.1) is 0 Å². The maximum atomic E-state index is 12.4. The Bertz CT molecular complexity index is 771. The van der Waals surface area contributed by atoms with Crippen LogP contribution in [0.2, 0.25) is 0 Å². The van der Waals surface area contributed by atoms with Gasteiger partial charge in [0, 0.05) is 39.3 Å². The molecule has 0 aliphatic carbocycles. The molecule has 0 saturated carbocycles. The summed E-state index contributed by atoms with van der Waals surface area (Å²) in [6.07, 6.45) is 0.976. The van der Waals surface area contributed by atoms with Gasteiger partial charge >= 0.3 is 0 Å². The first-order valence-electron chi connectivity index (χ1n) is 9.41. The van der Waals surface area contributed by atoms with Crippen LogP contribution in [0.4, 0.5) is 0 Å². The highest BCUT2D eigenvalue weighted by Gasteiger charge is 2.39. The third kappa shape index (κ3) is 7.39. The van der Waals surface area contributed by atoms with E-state index in [1.165, 1.54) is 0 Å². The number of hydrogen-bond donors (Lipinski definition) is 2. The molecule has 0 spiro atoms. The Labute approximate surface area is 171 Å². The van der Waals surface area contributed by atoms with Gasteiger partial charge in [-0.1, -0.05) is 30.3 Å². The van der Waals surface area contributed by atoms with E-state index in [0.29, 0.717) is 26.1 Å². The number of hydrogen-bond acceptors (Lipinski definition) is 6. The van der Waals surface area contributed by atoms with Gasteiger partial charge in [-0.3, -0.25) is 14.5 Å². The summed E-state index contributed by atoms with van der Waals surface area (Å²) >= 11 is 0. The van der Waals surface area contributed by atoms with Crippen LogP contribution in [0, 0.1) is 0 Å². The van der Waals surface area contributed by atoms with E-state index in [1.54, 1.807) is 19.0 Å². The molecule has 0 bridgehead atoms. The predicted octanol–water partition coefficient (Wildman–Crippen LogP) is 0.127. The zero-order valence-corrected chi connectivity index (χ0v) is 17.5. The summed E-state index contributed by atoms with van der Waals surface area (Å²) in [5.41, 5.74) is 0.779. The van der Waals surface area contributed by atoms with Crippen LogP contribution < -0.4 is 4.72 Å². The van der Waals surface area contributed by atoms with Crippen LogP contribution in [0.1, 0.15) is 18.4 Å². The Morgan fingerprint density at radius 3 is 2.59 bits per heavy atom. The lowest BCUT2D eigenvalue weighted by atomic mass is 10.1. The zero-order chi connectivity index (χ0) is 21.4. The molecule has 9 nitrogen and oxygen atoms in total. The van der Waals surface area contributed by atoms with Gasteiger partial charge in [0.2, 0.25) is 15.9 Å². The molecule has 1 amide bonds. The summed E-state index contributed by atoms with van der Waals surface area (Å²) in [6, 6.07) is 9.29. The minimum atomic E-state index is -3.38. The number of amides is 1. The maximum absolute atomic E-state index is 12.4. The molecule has 3 rings (SSSR count). The van der Waals surface area contributed by atoms with Gasteiger partial charge in [-0.05, 0) is 12.0 Å². The van der Waals surface area contributed by atoms with E-state index in [1.807, 2.05) is 30.3 Å². The van der Waals surface area contributed by atoms with Crippen molar-refractivity contribution in [2.24, 2.45) is 0 Å². The van der Waals surface area contributed by atoms with Crippen molar-refractivity contribution in [3.05, 3.63) is 35.9 Å². The smallest absolute Gasteiger partial charge is 0.290 e. The van der Waals surface area contributed by atoms with Gasteiger partial charge < -0.3 is 14.7 Å². The number of nitrogens with one attached hydrogen (secondary N) is 1. The van der Waals surface area contributed by atoms with Gasteiger partial charge in [0.15, 0.2) is 0 Å². The molecule has 2 aliphatic rings. The molecule has 29 heavy (non-hydrogen) atoms. The van der Waals surface area contributed by atoms with Crippen molar-refractivity contribution in [1.29, 1.82) is 0 Å². The first-order valence-corrected chi connectivity index (χ1v) is 11.1. The average Bonchev–Trinajstić information content (AvgIpc) is 3.03. The van der Waals surface area contributed by atoms with E-state index >= 15 is 0 Å². The van der Waals surface area contributed by atoms with Gasteiger partial charge in [-0.25, -0.2) is 13.1 Å². The molecule has 162 valence electrons. The van der Waals surface area contributed by atoms with Gasteiger partial charge in [-0.2, -0.15) is 0 Å². The second kappa shape index (κ2) is 10.7. The number of rotatable bonds is 6. The van der Waals surface area contributed by atoms with Gasteiger partial charge in [0.05, 0.1) is 24.9 Å². The van der Waals surface area contributed by atoms with Crippen molar-refractivity contribution in [3.63, 3.8) is 0 Å². The number of fused-ring (bicyclic) bond motifs is 1. The molecule has 2 fully saturated rings. The third-order valence-corrected chi connectivity index (χ3v) is 6.34. The van der Waals surface area contributed by atoms with Gasteiger partial charge in [0.25, 0.3) is 6.47 Å². The zero-order valence-electron chi connectivity index (χ0n) is 16.7. The quantitative estimate of drug-likeness (QED) is 0.620. The lowest BCUT2D eigenvalue weighted by Crippen LogP contribution is -2.47. The van der Waals surface area contributed by atoms with E-state index in [9.17, 15) is 13.2 Å². The van der Waals surface area contributed by atoms with E-state index in [0.717, 1.165) is 12.0 Å².